The van der Waals surface area contributed by atoms with E-state index in [0.29, 0.717) is 37.4 Å². The summed E-state index contributed by atoms with van der Waals surface area (Å²) >= 11 is 0. The molecule has 0 spiro atoms. The molecule has 0 aromatic heterocycles. The second-order valence-electron chi connectivity index (χ2n) is 8.61. The van der Waals surface area contributed by atoms with E-state index in [0.717, 1.165) is 44.9 Å². The number of nitrogens with two attached hydrogens (primary N) is 1. The number of nitrogens with zero attached hydrogens (tertiary/aromatic N) is 1. The zero-order valence-corrected chi connectivity index (χ0v) is 17.9. The summed E-state index contributed by atoms with van der Waals surface area (Å²) in [6.45, 7) is 0.841. The van der Waals surface area contributed by atoms with E-state index >= 15 is 0 Å². The van der Waals surface area contributed by atoms with Crippen LogP contribution in [0, 0.1) is 23.7 Å². The molecule has 1 amide bonds. The lowest BCUT2D eigenvalue weighted by atomic mass is 9.65. The molecular weight excluding hydrogens is 414 g/mol. The molecule has 3 aliphatic rings. The minimum absolute atomic E-state index is 0. The summed E-state index contributed by atoms with van der Waals surface area (Å²) in [6, 6.07) is 0.273. The quantitative estimate of drug-likeness (QED) is 0.674. The lowest BCUT2D eigenvalue weighted by molar-refractivity contribution is -0.148. The number of carbonyl (C=O) groups is 1. The number of piperidine rings is 1. The zero-order valence-electron chi connectivity index (χ0n) is 16.3. The number of fused-ring (bicyclic) bond motifs is 2. The number of halogens is 5. The molecule has 1 heterocycles. The van der Waals surface area contributed by atoms with Gasteiger partial charge in [0.2, 0.25) is 5.91 Å². The van der Waals surface area contributed by atoms with Crippen LogP contribution in [-0.2, 0) is 4.79 Å². The highest BCUT2D eigenvalue weighted by atomic mass is 35.5. The Balaban J connectivity index is 0.00000196. The fourth-order valence-electron chi connectivity index (χ4n) is 5.23. The molecule has 1 saturated heterocycles. The van der Waals surface area contributed by atoms with Crippen LogP contribution in [0.5, 0.6) is 0 Å². The Morgan fingerprint density at radius 1 is 1.04 bits per heavy atom. The van der Waals surface area contributed by atoms with E-state index in [2.05, 4.69) is 5.32 Å². The molecule has 28 heavy (non-hydrogen) atoms. The number of nitrogens with one attached hydrogen (secondary N) is 1. The molecular formula is C19H34Cl2F3N3O. The average molecular weight is 448 g/mol. The van der Waals surface area contributed by atoms with Crippen LogP contribution >= 0.6 is 24.8 Å². The number of amides is 1. The number of hydrogen-bond acceptors (Lipinski definition) is 3. The largest absolute Gasteiger partial charge is 0.401 e. The first-order chi connectivity index (χ1) is 12.3. The van der Waals surface area contributed by atoms with Gasteiger partial charge in [-0.05, 0) is 75.8 Å². The van der Waals surface area contributed by atoms with Gasteiger partial charge in [0.15, 0.2) is 0 Å². The molecule has 2 aliphatic carbocycles. The van der Waals surface area contributed by atoms with Crippen molar-refractivity contribution in [3.05, 3.63) is 0 Å². The molecule has 1 aliphatic heterocycles. The molecule has 0 radical (unpaired) electrons. The minimum atomic E-state index is -4.11. The highest BCUT2D eigenvalue weighted by Crippen LogP contribution is 2.41. The van der Waals surface area contributed by atoms with E-state index in [1.807, 2.05) is 0 Å². The van der Waals surface area contributed by atoms with Gasteiger partial charge in [-0.25, -0.2) is 0 Å². The van der Waals surface area contributed by atoms with Gasteiger partial charge in [-0.2, -0.15) is 13.2 Å². The van der Waals surface area contributed by atoms with Crippen molar-refractivity contribution in [3.8, 4) is 0 Å². The van der Waals surface area contributed by atoms with Gasteiger partial charge in [0.05, 0.1) is 6.54 Å². The van der Waals surface area contributed by atoms with Crippen molar-refractivity contribution in [2.75, 3.05) is 26.2 Å². The Kier molecular flexibility index (Phi) is 10.3. The van der Waals surface area contributed by atoms with Gasteiger partial charge >= 0.3 is 6.18 Å². The number of hydrogen-bond donors (Lipinski definition) is 2. The van der Waals surface area contributed by atoms with Gasteiger partial charge in [0, 0.05) is 18.5 Å². The molecule has 0 aromatic carbocycles. The van der Waals surface area contributed by atoms with Gasteiger partial charge in [0.25, 0.3) is 0 Å². The maximum absolute atomic E-state index is 12.5. The SMILES string of the molecule is Cl.Cl.NC1C2CCCC1CC(C(=O)NCCC1CCN(CC(F)(F)F)CC1)C2. The smallest absolute Gasteiger partial charge is 0.356 e. The van der Waals surface area contributed by atoms with Crippen LogP contribution in [0.2, 0.25) is 0 Å². The summed E-state index contributed by atoms with van der Waals surface area (Å²) in [5.74, 6) is 1.66. The standard InChI is InChI=1S/C19H32F3N3O.2ClH/c20-19(21,22)12-25-8-5-13(6-9-25)4-7-24-18(26)16-10-14-2-1-3-15(11-16)17(14)23;;/h13-17H,1-12,23H2,(H,24,26);2*1H. The van der Waals surface area contributed by atoms with Gasteiger partial charge in [-0.3, -0.25) is 9.69 Å². The molecule has 2 bridgehead atoms. The molecule has 9 heteroatoms. The van der Waals surface area contributed by atoms with Crippen molar-refractivity contribution in [2.45, 2.75) is 63.6 Å². The van der Waals surface area contributed by atoms with Crippen LogP contribution in [0.15, 0.2) is 0 Å². The molecule has 2 unspecified atom stereocenters. The van der Waals surface area contributed by atoms with Crippen molar-refractivity contribution in [1.29, 1.82) is 0 Å². The average Bonchev–Trinajstić information content (AvgIpc) is 2.54. The summed E-state index contributed by atoms with van der Waals surface area (Å²) in [5.41, 5.74) is 6.29. The first-order valence-corrected chi connectivity index (χ1v) is 10.1. The number of carbonyl (C=O) groups excluding carboxylic acids is 1. The van der Waals surface area contributed by atoms with Crippen LogP contribution in [0.4, 0.5) is 13.2 Å². The second kappa shape index (κ2) is 11.2. The number of likely N-dealkylation sites (tertiary alicyclic amines) is 1. The first kappa shape index (κ1) is 25.8. The van der Waals surface area contributed by atoms with Crippen molar-refractivity contribution >= 4 is 30.7 Å². The van der Waals surface area contributed by atoms with Crippen LogP contribution in [0.1, 0.15) is 51.4 Å². The maximum Gasteiger partial charge on any atom is 0.401 e. The third-order valence-electron chi connectivity index (χ3n) is 6.75. The molecule has 3 fully saturated rings. The molecule has 3 rings (SSSR count). The molecule has 2 saturated carbocycles. The second-order valence-corrected chi connectivity index (χ2v) is 8.61. The molecule has 0 aromatic rings. The van der Waals surface area contributed by atoms with Crippen LogP contribution in [0.25, 0.3) is 0 Å². The molecule has 3 N–H and O–H groups in total. The highest BCUT2D eigenvalue weighted by Gasteiger charge is 2.40. The normalized spacial score (nSPS) is 31.4. The van der Waals surface area contributed by atoms with Gasteiger partial charge in [-0.1, -0.05) is 6.42 Å². The van der Waals surface area contributed by atoms with Crippen molar-refractivity contribution < 1.29 is 18.0 Å². The van der Waals surface area contributed by atoms with Crippen LogP contribution in [0.3, 0.4) is 0 Å². The first-order valence-electron chi connectivity index (χ1n) is 10.1. The molecule has 4 nitrogen and oxygen atoms in total. The predicted molar refractivity (Wildman–Crippen MR) is 109 cm³/mol. The van der Waals surface area contributed by atoms with E-state index in [-0.39, 0.29) is 42.7 Å². The van der Waals surface area contributed by atoms with Gasteiger partial charge in [-0.15, -0.1) is 24.8 Å². The molecule has 2 atom stereocenters. The predicted octanol–water partition coefficient (Wildman–Crippen LogP) is 3.76. The summed E-state index contributed by atoms with van der Waals surface area (Å²) in [6.07, 6.45) is 3.70. The van der Waals surface area contributed by atoms with Crippen molar-refractivity contribution in [3.63, 3.8) is 0 Å². The molecule has 166 valence electrons. The van der Waals surface area contributed by atoms with E-state index in [9.17, 15) is 18.0 Å². The Labute approximate surface area is 178 Å². The zero-order chi connectivity index (χ0) is 18.7. The van der Waals surface area contributed by atoms with Crippen molar-refractivity contribution in [1.82, 2.24) is 10.2 Å². The van der Waals surface area contributed by atoms with E-state index in [1.54, 1.807) is 0 Å². The lowest BCUT2D eigenvalue weighted by Crippen LogP contribution is -2.49. The summed E-state index contributed by atoms with van der Waals surface area (Å²) in [4.78, 5) is 14.0. The fourth-order valence-corrected chi connectivity index (χ4v) is 5.23. The summed E-state index contributed by atoms with van der Waals surface area (Å²) in [7, 11) is 0. The Morgan fingerprint density at radius 3 is 2.14 bits per heavy atom. The summed E-state index contributed by atoms with van der Waals surface area (Å²) in [5, 5.41) is 3.08. The third-order valence-corrected chi connectivity index (χ3v) is 6.75. The minimum Gasteiger partial charge on any atom is -0.356 e. The van der Waals surface area contributed by atoms with Crippen LogP contribution in [-0.4, -0.2) is 49.2 Å². The van der Waals surface area contributed by atoms with E-state index < -0.39 is 12.7 Å². The van der Waals surface area contributed by atoms with E-state index in [1.165, 1.54) is 11.3 Å². The number of rotatable bonds is 5. The monoisotopic (exact) mass is 447 g/mol. The van der Waals surface area contributed by atoms with Gasteiger partial charge < -0.3 is 11.1 Å². The highest BCUT2D eigenvalue weighted by molar-refractivity contribution is 5.85. The van der Waals surface area contributed by atoms with Crippen molar-refractivity contribution in [2.24, 2.45) is 29.4 Å². The van der Waals surface area contributed by atoms with E-state index in [4.69, 9.17) is 5.73 Å². The Morgan fingerprint density at radius 2 is 1.61 bits per heavy atom. The fraction of sp³-hybridized carbons (Fsp3) is 0.947. The Bertz CT molecular complexity index is 474. The Hall–Kier alpha value is -0.240. The van der Waals surface area contributed by atoms with Crippen LogP contribution < -0.4 is 11.1 Å². The maximum atomic E-state index is 12.5. The summed E-state index contributed by atoms with van der Waals surface area (Å²) < 4.78 is 37.3. The van der Waals surface area contributed by atoms with Gasteiger partial charge in [0.1, 0.15) is 0 Å². The topological polar surface area (TPSA) is 58.4 Å². The number of alkyl halides is 3. The lowest BCUT2D eigenvalue weighted by Gasteiger charge is -2.43. The third kappa shape index (κ3) is 7.22.